The summed E-state index contributed by atoms with van der Waals surface area (Å²) < 4.78 is 4.84. The Morgan fingerprint density at radius 1 is 0.277 bits per heavy atom. The number of nitrogens with zero attached hydrogens (tertiary/aromatic N) is 11. The van der Waals surface area contributed by atoms with Crippen LogP contribution in [0.1, 0.15) is 320 Å². The van der Waals surface area contributed by atoms with Crippen molar-refractivity contribution in [3.05, 3.63) is 54.9 Å². The molecule has 1 aliphatic rings. The van der Waals surface area contributed by atoms with Crippen molar-refractivity contribution >= 4 is 76.2 Å². The van der Waals surface area contributed by atoms with Gasteiger partial charge in [0.1, 0.15) is 88.5 Å². The van der Waals surface area contributed by atoms with Crippen LogP contribution in [0.4, 0.5) is 0 Å². The van der Waals surface area contributed by atoms with Gasteiger partial charge in [0.05, 0.1) is 39.5 Å². The van der Waals surface area contributed by atoms with Crippen molar-refractivity contribution in [2.24, 2.45) is 202 Å². The fraction of sp³-hybridized carbons (Fsp3) is 0.753. The smallest absolute Gasteiger partial charge is 0.326 e. The molecule has 1 fully saturated rings. The lowest BCUT2D eigenvalue weighted by Crippen LogP contribution is -2.48. The Labute approximate surface area is 842 Å². The van der Waals surface area contributed by atoms with Gasteiger partial charge in [-0.3, -0.25) is 9.59 Å². The van der Waals surface area contributed by atoms with Crippen LogP contribution in [0.3, 0.4) is 0 Å². The molecule has 48 heteroatoms. The molecule has 0 spiro atoms. The van der Waals surface area contributed by atoms with E-state index in [0.29, 0.717) is 187 Å². The third-order valence-electron chi connectivity index (χ3n) is 16.7. The second-order valence-electron chi connectivity index (χ2n) is 36.8. The van der Waals surface area contributed by atoms with Gasteiger partial charge in [-0.05, 0) is 178 Å². The monoisotopic (exact) mass is 2040 g/mol. The molecule has 0 aliphatic carbocycles. The Balaban J connectivity index is -0.000000102. The first-order valence-corrected chi connectivity index (χ1v) is 47.4. The van der Waals surface area contributed by atoms with Crippen LogP contribution in [0.5, 0.6) is 5.75 Å². The van der Waals surface area contributed by atoms with E-state index in [9.17, 15) is 9.59 Å². The molecule has 0 aromatic heterocycles. The second-order valence-corrected chi connectivity index (χ2v) is 36.8. The molecule has 838 valence electrons. The Hall–Kier alpha value is -11.3. The molecule has 4 atom stereocenters. The second kappa shape index (κ2) is 117. The standard InChI is InChI=1S/C7H8N2O2.2C7H15N.10C6H14N2O.C6H14O6.C4H6N2O2.C2H6O2/c8-7(9-10)11-6-4-2-1-3-5-6;2*1-6(2)4-5-7(3)8;10*1-5(2)3-4-6(7)8-9;7-1-3(9)5(11)6(12)4(10)2-8;7-3-1-5-4(8)2-6-3;3-1-2-4/h1-5,10H,(H2,8,9);2*6H,3-5,8H2,1-2H3;10*5,9H,3-4H2,1-2H3,(H2,7,8);3-12H,1-2H2;1-2H2,(H,5,8)(H,6,7);3-4H,1-2H2. The zero-order chi connectivity index (χ0) is 113. The largest absolute Gasteiger partial charge is 0.424 e. The van der Waals surface area contributed by atoms with Gasteiger partial charge in [0, 0.05) is 75.6 Å². The SMILES string of the molecule is C=C(N)CCC(C)C.C=C(N)CCC(C)C.CC(C)CC/C(N)=N/O.CC(C)CC/C(N)=N/O.CC(C)CC/C(N)=N/O.CC(C)CC/C(N)=N/O.CC(C)CC/C(N)=N/O.CC(C)CC/C(N)=N/O.CC(C)CC/C(N)=N\O.CC(C)CC/C(N)=N\O.CC(C)CC/C(N)=N\O.CC(C)CCC(N)=NO.N/C(=N\O)Oc1ccccc1.O=C1CNC(=O)CN1.OCC(O)C(O)C(O)C(O)CO.OCCO. The third kappa shape index (κ3) is 172. The molecule has 0 saturated carbocycles. The molecule has 1 heterocycles. The van der Waals surface area contributed by atoms with Gasteiger partial charge in [-0.15, -0.1) is 0 Å². The molecule has 47 N–H and O–H groups in total. The molecule has 48 nitrogen and oxygen atoms in total. The number of allylic oxidation sites excluding steroid dienone is 2. The molecule has 1 aromatic rings. The van der Waals surface area contributed by atoms with Gasteiger partial charge in [0.2, 0.25) is 11.8 Å². The first-order valence-electron chi connectivity index (χ1n) is 47.4. The summed E-state index contributed by atoms with van der Waals surface area (Å²) in [5, 5.41) is 193. The highest BCUT2D eigenvalue weighted by atomic mass is 16.5. The molecular formula is C93H204N26O22. The number of rotatable bonds is 43. The van der Waals surface area contributed by atoms with Crippen LogP contribution < -0.4 is 89.9 Å². The maximum atomic E-state index is 10.3. The lowest BCUT2D eigenvalue weighted by atomic mass is 10.0. The highest BCUT2D eigenvalue weighted by Gasteiger charge is 2.29. The predicted octanol–water partition coefficient (Wildman–Crippen LogP) is 9.87. The first-order chi connectivity index (χ1) is 65.5. The zero-order valence-corrected chi connectivity index (χ0v) is 89.9. The van der Waals surface area contributed by atoms with Crippen LogP contribution in [-0.2, 0) is 9.59 Å². The van der Waals surface area contributed by atoms with Gasteiger partial charge >= 0.3 is 6.02 Å². The summed E-state index contributed by atoms with van der Waals surface area (Å²) in [6.45, 7) is 56.5. The van der Waals surface area contributed by atoms with Gasteiger partial charge < -0.3 is 188 Å². The molecule has 0 bridgehead atoms. The number of nitrogens with two attached hydrogens (primary N) is 13. The summed E-state index contributed by atoms with van der Waals surface area (Å²) in [4.78, 5) is 20.6. The van der Waals surface area contributed by atoms with Gasteiger partial charge in [0.25, 0.3) is 0 Å². The molecule has 0 radical (unpaired) electrons. The third-order valence-corrected chi connectivity index (χ3v) is 16.7. The van der Waals surface area contributed by atoms with Crippen LogP contribution in [0.25, 0.3) is 0 Å². The number of hydrogen-bond donors (Lipinski definition) is 34. The molecule has 1 aromatic carbocycles. The van der Waals surface area contributed by atoms with Crippen LogP contribution >= 0.6 is 0 Å². The molecule has 1 saturated heterocycles. The Morgan fingerprint density at radius 3 is 0.525 bits per heavy atom. The summed E-state index contributed by atoms with van der Waals surface area (Å²) in [5.41, 5.74) is 69.6. The fourth-order valence-electron chi connectivity index (χ4n) is 7.60. The van der Waals surface area contributed by atoms with Crippen LogP contribution in [0, 0.1) is 71.0 Å². The van der Waals surface area contributed by atoms with Crippen molar-refractivity contribution in [1.29, 1.82) is 0 Å². The lowest BCUT2D eigenvalue weighted by Gasteiger charge is -2.24. The van der Waals surface area contributed by atoms with Crippen molar-refractivity contribution < 1.29 is 112 Å². The van der Waals surface area contributed by atoms with E-state index in [1.165, 1.54) is 0 Å². The summed E-state index contributed by atoms with van der Waals surface area (Å²) in [6.07, 6.45) is 14.6. The number of ether oxygens (including phenoxy) is 1. The summed E-state index contributed by atoms with van der Waals surface area (Å²) >= 11 is 0. The number of oxime groups is 11. The number of amides is 2. The molecule has 2 rings (SSSR count). The Morgan fingerprint density at radius 2 is 0.426 bits per heavy atom. The van der Waals surface area contributed by atoms with Crippen molar-refractivity contribution in [3.8, 4) is 5.75 Å². The molecular weight excluding hydrogens is 1830 g/mol. The van der Waals surface area contributed by atoms with Gasteiger partial charge in [-0.1, -0.05) is 249 Å². The fourth-order valence-corrected chi connectivity index (χ4v) is 7.60. The number of carbonyl (C=O) groups excluding carboxylic acids is 2. The molecule has 1 aliphatic heterocycles. The normalized spacial score (nSPS) is 13.1. The van der Waals surface area contributed by atoms with Crippen molar-refractivity contribution in [2.75, 3.05) is 39.5 Å². The molecule has 141 heavy (non-hydrogen) atoms. The van der Waals surface area contributed by atoms with E-state index >= 15 is 0 Å². The number of aliphatic hydroxyl groups is 8. The lowest BCUT2D eigenvalue weighted by molar-refractivity contribution is -0.130. The quantitative estimate of drug-likeness (QED) is 0.0125. The Bertz CT molecular complexity index is 2820. The van der Waals surface area contributed by atoms with E-state index in [4.69, 9.17) is 177 Å². The van der Waals surface area contributed by atoms with Crippen LogP contribution in [0.2, 0.25) is 0 Å². The number of para-hydroxylation sites is 1. The predicted molar refractivity (Wildman–Crippen MR) is 568 cm³/mol. The summed E-state index contributed by atoms with van der Waals surface area (Å²) in [5.74, 6) is 11.2. The number of amidine groups is 11. The minimum absolute atomic E-state index is 0.121. The number of piperazine rings is 1. The van der Waals surface area contributed by atoms with E-state index in [2.05, 4.69) is 247 Å². The topological polar surface area (TPSA) is 926 Å². The average molecular weight is 2040 g/mol. The minimum Gasteiger partial charge on any atom is -0.424 e. The molecule has 2 amide bonds. The Kier molecular flexibility index (Phi) is 134. The van der Waals surface area contributed by atoms with Gasteiger partial charge in [-0.2, -0.15) is 0 Å². The first kappa shape index (κ1) is 160. The van der Waals surface area contributed by atoms with E-state index in [1.54, 1.807) is 24.3 Å². The van der Waals surface area contributed by atoms with Crippen molar-refractivity contribution in [1.82, 2.24) is 10.6 Å². The number of nitrogens with one attached hydrogen (secondary N) is 2. The highest BCUT2D eigenvalue weighted by Crippen LogP contribution is 2.12. The highest BCUT2D eigenvalue weighted by molar-refractivity contribution is 5.92. The average Bonchev–Trinajstić information content (AvgIpc) is 0.901. The van der Waals surface area contributed by atoms with E-state index in [1.807, 2.05) is 6.07 Å². The van der Waals surface area contributed by atoms with Crippen molar-refractivity contribution in [3.63, 3.8) is 0 Å². The number of benzene rings is 1. The van der Waals surface area contributed by atoms with E-state index in [0.717, 1.165) is 113 Å². The van der Waals surface area contributed by atoms with Crippen LogP contribution in [-0.4, -0.2) is 238 Å². The maximum absolute atomic E-state index is 10.3. The van der Waals surface area contributed by atoms with E-state index in [-0.39, 0.29) is 44.1 Å². The number of aliphatic hydroxyl groups excluding tert-OH is 8. The minimum atomic E-state index is -1.67. The van der Waals surface area contributed by atoms with Crippen LogP contribution in [0.15, 0.2) is 112 Å². The number of hydrogen-bond acceptors (Lipinski definition) is 35. The number of carbonyl (C=O) groups is 2. The summed E-state index contributed by atoms with van der Waals surface area (Å²) in [7, 11) is 0. The van der Waals surface area contributed by atoms with Gasteiger partial charge in [0.15, 0.2) is 0 Å². The maximum Gasteiger partial charge on any atom is 0.326 e. The van der Waals surface area contributed by atoms with Crippen molar-refractivity contribution in [2.45, 2.75) is 345 Å². The summed E-state index contributed by atoms with van der Waals surface area (Å²) in [6, 6.07) is 8.58. The van der Waals surface area contributed by atoms with Gasteiger partial charge in [-0.25, -0.2) is 0 Å². The van der Waals surface area contributed by atoms with E-state index < -0.39 is 37.6 Å². The molecule has 4 unspecified atom stereocenters. The zero-order valence-electron chi connectivity index (χ0n) is 89.9.